The predicted octanol–water partition coefficient (Wildman–Crippen LogP) is 2.21. The van der Waals surface area contributed by atoms with Crippen molar-refractivity contribution in [2.75, 3.05) is 6.61 Å². The number of carbonyl (C=O) groups excluding carboxylic acids is 1. The number of aliphatic hydroxyl groups is 1. The number of carbonyl (C=O) groups is 1. The van der Waals surface area contributed by atoms with Crippen molar-refractivity contribution >= 4 is 6.09 Å². The Bertz CT molecular complexity index is 465. The zero-order chi connectivity index (χ0) is 14.0. The molecule has 2 rings (SSSR count). The second-order valence-electron chi connectivity index (χ2n) is 5.94. The third kappa shape index (κ3) is 3.26. The Balaban J connectivity index is 2.05. The molecule has 4 heteroatoms. The van der Waals surface area contributed by atoms with Crippen LogP contribution in [0.5, 0.6) is 0 Å². The second-order valence-corrected chi connectivity index (χ2v) is 5.94. The van der Waals surface area contributed by atoms with Gasteiger partial charge in [0, 0.05) is 12.0 Å². The van der Waals surface area contributed by atoms with Crippen LogP contribution in [0, 0.1) is 0 Å². The van der Waals surface area contributed by atoms with E-state index in [0.29, 0.717) is 0 Å². The number of fused-ring (bicyclic) bond motifs is 1. The van der Waals surface area contributed by atoms with Crippen LogP contribution >= 0.6 is 0 Å². The lowest BCUT2D eigenvalue weighted by Crippen LogP contribution is -2.42. The minimum Gasteiger partial charge on any atom is -0.444 e. The summed E-state index contributed by atoms with van der Waals surface area (Å²) >= 11 is 0. The van der Waals surface area contributed by atoms with Crippen LogP contribution in [0.25, 0.3) is 0 Å². The third-order valence-corrected chi connectivity index (χ3v) is 3.28. The van der Waals surface area contributed by atoms with E-state index >= 15 is 0 Å². The van der Waals surface area contributed by atoms with Crippen molar-refractivity contribution in [1.29, 1.82) is 0 Å². The van der Waals surface area contributed by atoms with Gasteiger partial charge in [-0.3, -0.25) is 0 Å². The molecule has 4 nitrogen and oxygen atoms in total. The monoisotopic (exact) mass is 263 g/mol. The van der Waals surface area contributed by atoms with Gasteiger partial charge in [-0.1, -0.05) is 24.3 Å². The Morgan fingerprint density at radius 3 is 2.74 bits per heavy atom. The minimum atomic E-state index is -0.510. The molecule has 0 saturated carbocycles. The maximum Gasteiger partial charge on any atom is 0.407 e. The molecule has 1 aromatic carbocycles. The topological polar surface area (TPSA) is 58.6 Å². The van der Waals surface area contributed by atoms with Crippen LogP contribution in [-0.2, 0) is 11.2 Å². The SMILES string of the molecule is CC(C)(C)OC(=O)NC1Cc2ccccc2[C@H]1CO. The number of rotatable bonds is 2. The molecule has 2 N–H and O–H groups in total. The van der Waals surface area contributed by atoms with Gasteiger partial charge in [-0.15, -0.1) is 0 Å². The van der Waals surface area contributed by atoms with Gasteiger partial charge in [0.05, 0.1) is 6.61 Å². The number of benzene rings is 1. The third-order valence-electron chi connectivity index (χ3n) is 3.28. The average Bonchev–Trinajstić information content (AvgIpc) is 2.63. The highest BCUT2D eigenvalue weighted by atomic mass is 16.6. The number of aliphatic hydroxyl groups excluding tert-OH is 1. The first-order valence-corrected chi connectivity index (χ1v) is 6.59. The first-order chi connectivity index (χ1) is 8.90. The summed E-state index contributed by atoms with van der Waals surface area (Å²) in [5.41, 5.74) is 1.79. The Kier molecular flexibility index (Phi) is 3.80. The van der Waals surface area contributed by atoms with E-state index in [1.54, 1.807) is 0 Å². The van der Waals surface area contributed by atoms with Crippen LogP contribution in [0.1, 0.15) is 37.8 Å². The van der Waals surface area contributed by atoms with E-state index in [4.69, 9.17) is 4.74 Å². The molecule has 0 spiro atoms. The average molecular weight is 263 g/mol. The summed E-state index contributed by atoms with van der Waals surface area (Å²) in [6.07, 6.45) is 0.310. The minimum absolute atomic E-state index is 0.0253. The molecule has 19 heavy (non-hydrogen) atoms. The van der Waals surface area contributed by atoms with Gasteiger partial charge < -0.3 is 15.2 Å². The zero-order valence-electron chi connectivity index (χ0n) is 11.6. The second kappa shape index (κ2) is 5.21. The van der Waals surface area contributed by atoms with E-state index < -0.39 is 11.7 Å². The predicted molar refractivity (Wildman–Crippen MR) is 73.1 cm³/mol. The maximum absolute atomic E-state index is 11.8. The van der Waals surface area contributed by atoms with Crippen LogP contribution < -0.4 is 5.32 Å². The largest absolute Gasteiger partial charge is 0.444 e. The van der Waals surface area contributed by atoms with Crippen LogP contribution in [-0.4, -0.2) is 29.4 Å². The van der Waals surface area contributed by atoms with Crippen molar-refractivity contribution in [3.05, 3.63) is 35.4 Å². The van der Waals surface area contributed by atoms with Crippen LogP contribution in [0.3, 0.4) is 0 Å². The standard InChI is InChI=1S/C15H21NO3/c1-15(2,3)19-14(18)16-13-8-10-6-4-5-7-11(10)12(13)9-17/h4-7,12-13,17H,8-9H2,1-3H3,(H,16,18)/t12-,13?/m1/s1. The molecular weight excluding hydrogens is 242 g/mol. The highest BCUT2D eigenvalue weighted by Gasteiger charge is 2.33. The van der Waals surface area contributed by atoms with E-state index in [-0.39, 0.29) is 18.6 Å². The van der Waals surface area contributed by atoms with Gasteiger partial charge in [-0.2, -0.15) is 0 Å². The summed E-state index contributed by atoms with van der Waals surface area (Å²) in [5, 5.41) is 12.4. The Labute approximate surface area is 113 Å². The lowest BCUT2D eigenvalue weighted by molar-refractivity contribution is 0.0493. The number of hydrogen-bond acceptors (Lipinski definition) is 3. The van der Waals surface area contributed by atoms with Gasteiger partial charge in [-0.05, 0) is 38.3 Å². The Morgan fingerprint density at radius 2 is 2.11 bits per heavy atom. The summed E-state index contributed by atoms with van der Waals surface area (Å²) in [5.74, 6) is -0.0521. The van der Waals surface area contributed by atoms with Gasteiger partial charge in [0.25, 0.3) is 0 Å². The van der Waals surface area contributed by atoms with E-state index in [9.17, 15) is 9.90 Å². The van der Waals surface area contributed by atoms with E-state index in [2.05, 4.69) is 5.32 Å². The smallest absolute Gasteiger partial charge is 0.407 e. The molecule has 0 fully saturated rings. The Morgan fingerprint density at radius 1 is 1.42 bits per heavy atom. The Hall–Kier alpha value is -1.55. The summed E-state index contributed by atoms with van der Waals surface area (Å²) in [6, 6.07) is 7.87. The molecule has 0 aliphatic heterocycles. The highest BCUT2D eigenvalue weighted by molar-refractivity contribution is 5.68. The van der Waals surface area contributed by atoms with Gasteiger partial charge >= 0.3 is 6.09 Å². The van der Waals surface area contributed by atoms with Gasteiger partial charge in [-0.25, -0.2) is 4.79 Å². The molecule has 1 aliphatic carbocycles. The number of hydrogen-bond donors (Lipinski definition) is 2. The fraction of sp³-hybridized carbons (Fsp3) is 0.533. The summed E-state index contributed by atoms with van der Waals surface area (Å²) in [6.45, 7) is 5.52. The molecular formula is C15H21NO3. The fourth-order valence-electron chi connectivity index (χ4n) is 2.51. The van der Waals surface area contributed by atoms with Gasteiger partial charge in [0.15, 0.2) is 0 Å². The molecule has 0 radical (unpaired) electrons. The molecule has 104 valence electrons. The molecule has 0 heterocycles. The van der Waals surface area contributed by atoms with Crippen molar-refractivity contribution in [3.63, 3.8) is 0 Å². The van der Waals surface area contributed by atoms with Crippen LogP contribution in [0.4, 0.5) is 4.79 Å². The first kappa shape index (κ1) is 13.9. The van der Waals surface area contributed by atoms with Crippen molar-refractivity contribution < 1.29 is 14.6 Å². The normalized spacial score (nSPS) is 21.9. The highest BCUT2D eigenvalue weighted by Crippen LogP contribution is 2.32. The van der Waals surface area contributed by atoms with E-state index in [1.165, 1.54) is 5.56 Å². The summed E-state index contributed by atoms with van der Waals surface area (Å²) in [4.78, 5) is 11.8. The molecule has 1 aromatic rings. The number of alkyl carbamates (subject to hydrolysis) is 1. The molecule has 0 saturated heterocycles. The van der Waals surface area contributed by atoms with Crippen molar-refractivity contribution in [3.8, 4) is 0 Å². The number of ether oxygens (including phenoxy) is 1. The molecule has 1 aliphatic rings. The quantitative estimate of drug-likeness (QED) is 0.860. The zero-order valence-corrected chi connectivity index (χ0v) is 11.6. The molecule has 1 amide bonds. The van der Waals surface area contributed by atoms with Crippen molar-refractivity contribution in [2.45, 2.75) is 44.8 Å². The summed E-state index contributed by atoms with van der Waals surface area (Å²) < 4.78 is 5.26. The van der Waals surface area contributed by atoms with Crippen molar-refractivity contribution in [1.82, 2.24) is 5.32 Å². The maximum atomic E-state index is 11.8. The van der Waals surface area contributed by atoms with E-state index in [1.807, 2.05) is 45.0 Å². The molecule has 0 aromatic heterocycles. The molecule has 1 unspecified atom stereocenters. The first-order valence-electron chi connectivity index (χ1n) is 6.59. The number of amides is 1. The number of nitrogens with one attached hydrogen (secondary N) is 1. The summed E-state index contributed by atoms with van der Waals surface area (Å²) in [7, 11) is 0. The lowest BCUT2D eigenvalue weighted by Gasteiger charge is -2.24. The van der Waals surface area contributed by atoms with Gasteiger partial charge in [0.1, 0.15) is 5.60 Å². The fourth-order valence-corrected chi connectivity index (χ4v) is 2.51. The molecule has 2 atom stereocenters. The molecule has 0 bridgehead atoms. The lowest BCUT2D eigenvalue weighted by atomic mass is 10.00. The van der Waals surface area contributed by atoms with Crippen molar-refractivity contribution in [2.24, 2.45) is 0 Å². The van der Waals surface area contributed by atoms with Crippen LogP contribution in [0.15, 0.2) is 24.3 Å². The van der Waals surface area contributed by atoms with E-state index in [0.717, 1.165) is 12.0 Å². The van der Waals surface area contributed by atoms with Gasteiger partial charge in [0.2, 0.25) is 0 Å². The van der Waals surface area contributed by atoms with Crippen LogP contribution in [0.2, 0.25) is 0 Å².